The number of rotatable bonds is 7. The molecule has 0 aliphatic carbocycles. The lowest BCUT2D eigenvalue weighted by molar-refractivity contribution is 0.101. The third-order valence-electron chi connectivity index (χ3n) is 6.10. The van der Waals surface area contributed by atoms with E-state index in [1.807, 2.05) is 85.1 Å². The van der Waals surface area contributed by atoms with Crippen molar-refractivity contribution in [2.75, 3.05) is 11.9 Å². The van der Waals surface area contributed by atoms with Crippen LogP contribution in [0.25, 0.3) is 33.1 Å². The van der Waals surface area contributed by atoms with E-state index in [4.69, 9.17) is 4.42 Å². The third-order valence-corrected chi connectivity index (χ3v) is 6.10. The SMILES string of the molecule is O=C(c1cc2ccccc2o1)c1[nH]c2ccccc2c1CCNc1ccc(-c2ccccn2)cn1. The fraction of sp³-hybridized carbons (Fsp3) is 0.0690. The number of nitrogens with zero attached hydrogens (tertiary/aromatic N) is 2. The Morgan fingerprint density at radius 2 is 1.77 bits per heavy atom. The van der Waals surface area contributed by atoms with Gasteiger partial charge in [-0.25, -0.2) is 4.98 Å². The number of furan rings is 1. The Balaban J connectivity index is 1.24. The Morgan fingerprint density at radius 3 is 2.60 bits per heavy atom. The van der Waals surface area contributed by atoms with Crippen LogP contribution >= 0.6 is 0 Å². The van der Waals surface area contributed by atoms with Gasteiger partial charge in [-0.2, -0.15) is 0 Å². The van der Waals surface area contributed by atoms with Crippen molar-refractivity contribution in [1.82, 2.24) is 15.0 Å². The van der Waals surface area contributed by atoms with E-state index < -0.39 is 0 Å². The van der Waals surface area contributed by atoms with Crippen molar-refractivity contribution in [3.05, 3.63) is 114 Å². The molecular formula is C29H22N4O2. The summed E-state index contributed by atoms with van der Waals surface area (Å²) >= 11 is 0. The van der Waals surface area contributed by atoms with E-state index in [1.165, 1.54) is 0 Å². The van der Waals surface area contributed by atoms with Gasteiger partial charge < -0.3 is 14.7 Å². The largest absolute Gasteiger partial charge is 0.453 e. The van der Waals surface area contributed by atoms with E-state index in [0.29, 0.717) is 30.0 Å². The zero-order valence-corrected chi connectivity index (χ0v) is 18.9. The van der Waals surface area contributed by atoms with Gasteiger partial charge in [-0.3, -0.25) is 9.78 Å². The van der Waals surface area contributed by atoms with Gasteiger partial charge in [0, 0.05) is 40.8 Å². The number of aromatic nitrogens is 3. The molecule has 0 bridgehead atoms. The van der Waals surface area contributed by atoms with Crippen LogP contribution in [0.2, 0.25) is 0 Å². The van der Waals surface area contributed by atoms with Crippen LogP contribution in [0, 0.1) is 0 Å². The maximum atomic E-state index is 13.4. The number of pyridine rings is 2. The molecule has 0 fully saturated rings. The molecule has 6 heteroatoms. The monoisotopic (exact) mass is 458 g/mol. The van der Waals surface area contributed by atoms with E-state index in [1.54, 1.807) is 12.3 Å². The van der Waals surface area contributed by atoms with E-state index in [9.17, 15) is 4.79 Å². The summed E-state index contributed by atoms with van der Waals surface area (Å²) in [7, 11) is 0. The van der Waals surface area contributed by atoms with Gasteiger partial charge in [-0.05, 0) is 54.4 Å². The van der Waals surface area contributed by atoms with Crippen LogP contribution < -0.4 is 5.32 Å². The molecule has 6 aromatic rings. The Bertz CT molecular complexity index is 1600. The second-order valence-corrected chi connectivity index (χ2v) is 8.33. The fourth-order valence-electron chi connectivity index (χ4n) is 4.37. The first-order valence-corrected chi connectivity index (χ1v) is 11.5. The highest BCUT2D eigenvalue weighted by Crippen LogP contribution is 2.27. The van der Waals surface area contributed by atoms with Gasteiger partial charge in [-0.1, -0.05) is 42.5 Å². The number of carbonyl (C=O) groups is 1. The number of fused-ring (bicyclic) bond motifs is 2. The van der Waals surface area contributed by atoms with Crippen molar-refractivity contribution in [3.8, 4) is 11.3 Å². The molecule has 4 heterocycles. The third kappa shape index (κ3) is 4.06. The predicted octanol–water partition coefficient (Wildman–Crippen LogP) is 6.26. The predicted molar refractivity (Wildman–Crippen MR) is 138 cm³/mol. The van der Waals surface area contributed by atoms with Gasteiger partial charge in [0.2, 0.25) is 5.78 Å². The molecule has 0 amide bonds. The normalized spacial score (nSPS) is 11.2. The van der Waals surface area contributed by atoms with E-state index in [2.05, 4.69) is 20.3 Å². The Hall–Kier alpha value is -4.71. The molecule has 6 nitrogen and oxygen atoms in total. The molecule has 170 valence electrons. The van der Waals surface area contributed by atoms with Crippen LogP contribution in [-0.4, -0.2) is 27.3 Å². The number of ketones is 1. The molecular weight excluding hydrogens is 436 g/mol. The zero-order valence-electron chi connectivity index (χ0n) is 18.9. The molecule has 0 saturated carbocycles. The number of para-hydroxylation sites is 2. The lowest BCUT2D eigenvalue weighted by Crippen LogP contribution is -2.10. The summed E-state index contributed by atoms with van der Waals surface area (Å²) in [6.07, 6.45) is 4.23. The molecule has 0 radical (unpaired) electrons. The number of aromatic amines is 1. The summed E-state index contributed by atoms with van der Waals surface area (Å²) in [6, 6.07) is 27.2. The molecule has 35 heavy (non-hydrogen) atoms. The fourth-order valence-corrected chi connectivity index (χ4v) is 4.37. The lowest BCUT2D eigenvalue weighted by Gasteiger charge is -2.08. The Labute approximate surface area is 201 Å². The summed E-state index contributed by atoms with van der Waals surface area (Å²) in [5, 5.41) is 5.32. The quantitative estimate of drug-likeness (QED) is 0.276. The lowest BCUT2D eigenvalue weighted by atomic mass is 10.0. The molecule has 2 N–H and O–H groups in total. The Kier molecular flexibility index (Phi) is 5.31. The summed E-state index contributed by atoms with van der Waals surface area (Å²) < 4.78 is 5.86. The number of carbonyl (C=O) groups excluding carboxylic acids is 1. The summed E-state index contributed by atoms with van der Waals surface area (Å²) in [5.74, 6) is 0.957. The molecule has 0 aliphatic rings. The zero-order chi connectivity index (χ0) is 23.6. The van der Waals surface area contributed by atoms with Gasteiger partial charge >= 0.3 is 0 Å². The van der Waals surface area contributed by atoms with Crippen molar-refractivity contribution in [3.63, 3.8) is 0 Å². The van der Waals surface area contributed by atoms with Gasteiger partial charge in [0.1, 0.15) is 11.4 Å². The summed E-state index contributed by atoms with van der Waals surface area (Å²) in [6.45, 7) is 0.623. The van der Waals surface area contributed by atoms with Crippen molar-refractivity contribution in [2.24, 2.45) is 0 Å². The summed E-state index contributed by atoms with van der Waals surface area (Å²) in [4.78, 5) is 25.7. The number of nitrogens with one attached hydrogen (secondary N) is 2. The molecule has 0 aliphatic heterocycles. The standard InChI is InChI=1S/C29H22N4O2/c34-29(26-17-19-7-1-4-11-25(19)35-26)28-22(21-8-2-3-10-24(21)33-28)14-16-31-27-13-12-20(18-32-27)23-9-5-6-15-30-23/h1-13,15,17-18,33H,14,16H2,(H,31,32). The minimum absolute atomic E-state index is 0.148. The second kappa shape index (κ2) is 8.91. The van der Waals surface area contributed by atoms with Gasteiger partial charge in [-0.15, -0.1) is 0 Å². The first-order chi connectivity index (χ1) is 17.3. The molecule has 0 spiro atoms. The van der Waals surface area contributed by atoms with Gasteiger partial charge in [0.05, 0.1) is 11.4 Å². The smallest absolute Gasteiger partial charge is 0.244 e. The highest BCUT2D eigenvalue weighted by atomic mass is 16.3. The van der Waals surface area contributed by atoms with Crippen LogP contribution in [0.4, 0.5) is 5.82 Å². The maximum Gasteiger partial charge on any atom is 0.244 e. The highest BCUT2D eigenvalue weighted by molar-refractivity contribution is 6.11. The maximum absolute atomic E-state index is 13.4. The average molecular weight is 459 g/mol. The van der Waals surface area contributed by atoms with Crippen LogP contribution in [0.3, 0.4) is 0 Å². The van der Waals surface area contributed by atoms with Crippen molar-refractivity contribution in [2.45, 2.75) is 6.42 Å². The molecule has 6 rings (SSSR count). The molecule has 0 saturated heterocycles. The number of anilines is 1. The first-order valence-electron chi connectivity index (χ1n) is 11.5. The van der Waals surface area contributed by atoms with Crippen LogP contribution in [0.5, 0.6) is 0 Å². The van der Waals surface area contributed by atoms with E-state index >= 15 is 0 Å². The van der Waals surface area contributed by atoms with Crippen LogP contribution in [0.15, 0.2) is 102 Å². The number of benzene rings is 2. The molecule has 0 unspecified atom stereocenters. The van der Waals surface area contributed by atoms with Crippen molar-refractivity contribution in [1.29, 1.82) is 0 Å². The highest BCUT2D eigenvalue weighted by Gasteiger charge is 2.22. The minimum atomic E-state index is -0.148. The van der Waals surface area contributed by atoms with Crippen LogP contribution in [0.1, 0.15) is 21.8 Å². The number of hydrogen-bond donors (Lipinski definition) is 2. The number of hydrogen-bond acceptors (Lipinski definition) is 5. The minimum Gasteiger partial charge on any atom is -0.453 e. The van der Waals surface area contributed by atoms with Crippen LogP contribution in [-0.2, 0) is 6.42 Å². The topological polar surface area (TPSA) is 83.8 Å². The molecule has 2 aromatic carbocycles. The Morgan fingerprint density at radius 1 is 0.914 bits per heavy atom. The molecule has 4 aromatic heterocycles. The van der Waals surface area contributed by atoms with Crippen molar-refractivity contribution >= 4 is 33.5 Å². The van der Waals surface area contributed by atoms with Gasteiger partial charge in [0.15, 0.2) is 5.76 Å². The van der Waals surface area contributed by atoms with E-state index in [0.717, 1.165) is 38.9 Å². The second-order valence-electron chi connectivity index (χ2n) is 8.33. The van der Waals surface area contributed by atoms with Gasteiger partial charge in [0.25, 0.3) is 0 Å². The summed E-state index contributed by atoms with van der Waals surface area (Å²) in [5.41, 5.74) is 5.01. The van der Waals surface area contributed by atoms with E-state index in [-0.39, 0.29) is 5.78 Å². The average Bonchev–Trinajstić information content (AvgIpc) is 3.51. The van der Waals surface area contributed by atoms with Crippen molar-refractivity contribution < 1.29 is 9.21 Å². The first kappa shape index (κ1) is 20.9. The molecule has 0 atom stereocenters. The number of H-pyrrole nitrogens is 1.